The molecule has 2 N–H and O–H groups in total. The summed E-state index contributed by atoms with van der Waals surface area (Å²) in [5, 5.41) is 16.6. The van der Waals surface area contributed by atoms with Gasteiger partial charge in [-0.05, 0) is 42.0 Å². The van der Waals surface area contributed by atoms with Gasteiger partial charge in [0.25, 0.3) is 5.91 Å². The van der Waals surface area contributed by atoms with Crippen molar-refractivity contribution in [1.29, 1.82) is 5.26 Å². The maximum Gasteiger partial charge on any atom is 0.264 e. The van der Waals surface area contributed by atoms with Gasteiger partial charge in [-0.2, -0.15) is 5.26 Å². The van der Waals surface area contributed by atoms with Crippen molar-refractivity contribution >= 4 is 34.0 Å². The number of amides is 2. The summed E-state index contributed by atoms with van der Waals surface area (Å²) in [6.07, 6.45) is 0.365. The monoisotopic (exact) mass is 390 g/mol. The molecule has 1 aliphatic rings. The first-order chi connectivity index (χ1) is 13.6. The zero-order valence-electron chi connectivity index (χ0n) is 14.6. The molecule has 3 aromatic rings. The molecule has 2 aromatic carbocycles. The van der Waals surface area contributed by atoms with Crippen LogP contribution in [0.5, 0.6) is 5.75 Å². The predicted octanol–water partition coefficient (Wildman–Crippen LogP) is 3.19. The van der Waals surface area contributed by atoms with E-state index in [0.29, 0.717) is 22.9 Å². The van der Waals surface area contributed by atoms with E-state index >= 15 is 0 Å². The lowest BCUT2D eigenvalue weighted by Gasteiger charge is -2.05. The zero-order chi connectivity index (χ0) is 19.5. The number of carbonyl (C=O) groups is 2. The van der Waals surface area contributed by atoms with Crippen molar-refractivity contribution in [1.82, 2.24) is 4.98 Å². The molecule has 0 spiro atoms. The fourth-order valence-corrected chi connectivity index (χ4v) is 3.52. The van der Waals surface area contributed by atoms with Crippen LogP contribution in [0.25, 0.3) is 11.3 Å². The second kappa shape index (κ2) is 7.50. The number of hydrogen-bond acceptors (Lipinski definition) is 6. The predicted molar refractivity (Wildman–Crippen MR) is 105 cm³/mol. The minimum absolute atomic E-state index is 0.0133. The summed E-state index contributed by atoms with van der Waals surface area (Å²) >= 11 is 1.32. The summed E-state index contributed by atoms with van der Waals surface area (Å²) in [7, 11) is 0. The van der Waals surface area contributed by atoms with E-state index in [4.69, 9.17) is 10.00 Å². The molecule has 8 heteroatoms. The van der Waals surface area contributed by atoms with Crippen LogP contribution >= 0.6 is 11.3 Å². The number of nitrogens with one attached hydrogen (secondary N) is 2. The summed E-state index contributed by atoms with van der Waals surface area (Å²) in [4.78, 5) is 28.0. The number of thiazole rings is 1. The SMILES string of the molecule is N#Cc1ccc(OCC(=O)Nc2nc(-c3ccc4c(c3)CC(=O)N4)cs2)cc1. The van der Waals surface area contributed by atoms with Crippen LogP contribution in [0.15, 0.2) is 47.8 Å². The highest BCUT2D eigenvalue weighted by Crippen LogP contribution is 2.30. The van der Waals surface area contributed by atoms with Crippen LogP contribution in [0.2, 0.25) is 0 Å². The topological polar surface area (TPSA) is 104 Å². The van der Waals surface area contributed by atoms with E-state index in [1.807, 2.05) is 29.6 Å². The Morgan fingerprint density at radius 2 is 2.11 bits per heavy atom. The van der Waals surface area contributed by atoms with Gasteiger partial charge < -0.3 is 10.1 Å². The van der Waals surface area contributed by atoms with Gasteiger partial charge >= 0.3 is 0 Å². The molecule has 1 aliphatic heterocycles. The Morgan fingerprint density at radius 3 is 2.89 bits per heavy atom. The molecule has 0 aliphatic carbocycles. The number of carbonyl (C=O) groups excluding carboxylic acids is 2. The van der Waals surface area contributed by atoms with Crippen molar-refractivity contribution in [2.75, 3.05) is 17.2 Å². The Hall–Kier alpha value is -3.70. The molecule has 0 saturated heterocycles. The number of fused-ring (bicyclic) bond motifs is 1. The van der Waals surface area contributed by atoms with Crippen molar-refractivity contribution in [3.8, 4) is 23.1 Å². The summed E-state index contributed by atoms with van der Waals surface area (Å²) in [6, 6.07) is 14.2. The van der Waals surface area contributed by atoms with Crippen molar-refractivity contribution in [3.63, 3.8) is 0 Å². The molecule has 7 nitrogen and oxygen atoms in total. The molecule has 138 valence electrons. The van der Waals surface area contributed by atoms with Crippen LogP contribution in [-0.2, 0) is 16.0 Å². The number of ether oxygens (including phenoxy) is 1. The molecule has 0 unspecified atom stereocenters. The number of nitrogens with zero attached hydrogens (tertiary/aromatic N) is 2. The van der Waals surface area contributed by atoms with Gasteiger partial charge in [-0.25, -0.2) is 4.98 Å². The van der Waals surface area contributed by atoms with Crippen molar-refractivity contribution in [2.24, 2.45) is 0 Å². The van der Waals surface area contributed by atoms with E-state index in [2.05, 4.69) is 15.6 Å². The van der Waals surface area contributed by atoms with Gasteiger partial charge in [0, 0.05) is 16.6 Å². The molecule has 0 radical (unpaired) electrons. The molecule has 2 amide bonds. The lowest BCUT2D eigenvalue weighted by atomic mass is 10.1. The first-order valence-corrected chi connectivity index (χ1v) is 9.30. The van der Waals surface area contributed by atoms with Gasteiger partial charge in [0.15, 0.2) is 11.7 Å². The van der Waals surface area contributed by atoms with E-state index < -0.39 is 0 Å². The van der Waals surface area contributed by atoms with E-state index in [1.54, 1.807) is 24.3 Å². The van der Waals surface area contributed by atoms with Crippen molar-refractivity contribution < 1.29 is 14.3 Å². The lowest BCUT2D eigenvalue weighted by Crippen LogP contribution is -2.20. The minimum Gasteiger partial charge on any atom is -0.484 e. The van der Waals surface area contributed by atoms with Crippen LogP contribution in [-0.4, -0.2) is 23.4 Å². The summed E-state index contributed by atoms with van der Waals surface area (Å²) in [5.41, 5.74) is 3.92. The number of aromatic nitrogens is 1. The van der Waals surface area contributed by atoms with Crippen LogP contribution < -0.4 is 15.4 Å². The van der Waals surface area contributed by atoms with Crippen LogP contribution in [0.1, 0.15) is 11.1 Å². The second-order valence-corrected chi connectivity index (χ2v) is 6.97. The van der Waals surface area contributed by atoms with Gasteiger partial charge in [0.05, 0.1) is 23.7 Å². The summed E-state index contributed by atoms with van der Waals surface area (Å²) in [6.45, 7) is -0.159. The van der Waals surface area contributed by atoms with Gasteiger partial charge in [0.1, 0.15) is 5.75 Å². The maximum absolute atomic E-state index is 12.1. The van der Waals surface area contributed by atoms with Crippen LogP contribution in [0.3, 0.4) is 0 Å². The van der Waals surface area contributed by atoms with E-state index in [9.17, 15) is 9.59 Å². The molecule has 0 atom stereocenters. The highest BCUT2D eigenvalue weighted by atomic mass is 32.1. The van der Waals surface area contributed by atoms with Crippen LogP contribution in [0.4, 0.5) is 10.8 Å². The van der Waals surface area contributed by atoms with E-state index in [-0.39, 0.29) is 18.4 Å². The van der Waals surface area contributed by atoms with Crippen molar-refractivity contribution in [2.45, 2.75) is 6.42 Å². The average molecular weight is 390 g/mol. The number of anilines is 2. The van der Waals surface area contributed by atoms with E-state index in [1.165, 1.54) is 11.3 Å². The van der Waals surface area contributed by atoms with Gasteiger partial charge in [-0.1, -0.05) is 6.07 Å². The molecule has 0 fully saturated rings. The van der Waals surface area contributed by atoms with Gasteiger partial charge in [-0.15, -0.1) is 11.3 Å². The Balaban J connectivity index is 1.36. The minimum atomic E-state index is -0.325. The quantitative estimate of drug-likeness (QED) is 0.696. The van der Waals surface area contributed by atoms with Gasteiger partial charge in [0.2, 0.25) is 5.91 Å². The second-order valence-electron chi connectivity index (χ2n) is 6.11. The average Bonchev–Trinajstić information content (AvgIpc) is 3.31. The molecular weight excluding hydrogens is 376 g/mol. The molecule has 0 bridgehead atoms. The fraction of sp³-hybridized carbons (Fsp3) is 0.100. The third-order valence-corrected chi connectivity index (χ3v) is 4.89. The normalized spacial score (nSPS) is 12.0. The maximum atomic E-state index is 12.1. The largest absolute Gasteiger partial charge is 0.484 e. The first kappa shape index (κ1) is 17.7. The molecular formula is C20H14N4O3S. The van der Waals surface area contributed by atoms with Crippen molar-refractivity contribution in [3.05, 3.63) is 59.0 Å². The Kier molecular flexibility index (Phi) is 4.74. The molecule has 28 heavy (non-hydrogen) atoms. The number of rotatable bonds is 5. The Bertz CT molecular complexity index is 1100. The third-order valence-electron chi connectivity index (χ3n) is 4.13. The molecule has 2 heterocycles. The summed E-state index contributed by atoms with van der Waals surface area (Å²) in [5.74, 6) is 0.171. The standard InChI is InChI=1S/C20H14N4O3S/c21-9-12-1-4-15(5-2-12)27-10-19(26)24-20-23-17(11-28-20)13-3-6-16-14(7-13)8-18(25)22-16/h1-7,11H,8,10H2,(H,22,25)(H,23,24,26). The zero-order valence-corrected chi connectivity index (χ0v) is 15.4. The molecule has 0 saturated carbocycles. The first-order valence-electron chi connectivity index (χ1n) is 8.42. The number of nitriles is 1. The molecule has 1 aromatic heterocycles. The Labute approximate surface area is 164 Å². The number of hydrogen-bond donors (Lipinski definition) is 2. The highest BCUT2D eigenvalue weighted by molar-refractivity contribution is 7.14. The van der Waals surface area contributed by atoms with Gasteiger partial charge in [-0.3, -0.25) is 14.9 Å². The number of benzene rings is 2. The lowest BCUT2D eigenvalue weighted by molar-refractivity contribution is -0.118. The molecule has 4 rings (SSSR count). The fourth-order valence-electron chi connectivity index (χ4n) is 2.78. The third kappa shape index (κ3) is 3.84. The van der Waals surface area contributed by atoms with E-state index in [0.717, 1.165) is 22.5 Å². The summed E-state index contributed by atoms with van der Waals surface area (Å²) < 4.78 is 5.41. The highest BCUT2D eigenvalue weighted by Gasteiger charge is 2.18. The smallest absolute Gasteiger partial charge is 0.264 e. The Morgan fingerprint density at radius 1 is 1.29 bits per heavy atom. The van der Waals surface area contributed by atoms with Crippen LogP contribution in [0, 0.1) is 11.3 Å².